The molecule has 7 nitrogen and oxygen atoms in total. The largest absolute Gasteiger partial charge is 0.378 e. The normalized spacial score (nSPS) is 22.0. The number of hydrogen-bond acceptors (Lipinski definition) is 5. The fraction of sp³-hybridized carbons (Fsp3) is 0.542. The lowest BCUT2D eigenvalue weighted by molar-refractivity contribution is -0.140. The van der Waals surface area contributed by atoms with E-state index in [1.807, 2.05) is 46.2 Å². The molecular formula is C24H32N4O3. The molecule has 2 amide bonds. The minimum absolute atomic E-state index is 0.0353. The molecule has 0 aliphatic carbocycles. The molecule has 1 N–H and O–H groups in total. The highest BCUT2D eigenvalue weighted by Crippen LogP contribution is 2.22. The average Bonchev–Trinajstić information content (AvgIpc) is 2.82. The van der Waals surface area contributed by atoms with Gasteiger partial charge in [-0.05, 0) is 24.5 Å². The van der Waals surface area contributed by atoms with Crippen molar-refractivity contribution in [3.8, 4) is 0 Å². The number of amides is 2. The van der Waals surface area contributed by atoms with Crippen molar-refractivity contribution in [3.05, 3.63) is 42.1 Å². The van der Waals surface area contributed by atoms with Crippen molar-refractivity contribution in [2.24, 2.45) is 11.8 Å². The van der Waals surface area contributed by atoms with Crippen molar-refractivity contribution >= 4 is 22.7 Å². The van der Waals surface area contributed by atoms with Crippen LogP contribution in [-0.4, -0.2) is 78.6 Å². The molecule has 166 valence electrons. The van der Waals surface area contributed by atoms with Gasteiger partial charge in [0.25, 0.3) is 5.91 Å². The maximum Gasteiger partial charge on any atom is 0.272 e. The first-order chi connectivity index (χ1) is 15.0. The number of morpholine rings is 1. The van der Waals surface area contributed by atoms with Crippen molar-refractivity contribution < 1.29 is 14.3 Å². The highest BCUT2D eigenvalue weighted by Gasteiger charge is 2.35. The second kappa shape index (κ2) is 9.75. The summed E-state index contributed by atoms with van der Waals surface area (Å²) in [5, 5.41) is 4.42. The van der Waals surface area contributed by atoms with Crippen molar-refractivity contribution in [1.82, 2.24) is 20.1 Å². The number of rotatable bonds is 5. The summed E-state index contributed by atoms with van der Waals surface area (Å²) in [5.74, 6) is 0.301. The Balaban J connectivity index is 1.53. The van der Waals surface area contributed by atoms with E-state index in [1.165, 1.54) is 0 Å². The van der Waals surface area contributed by atoms with Crippen LogP contribution in [0.25, 0.3) is 10.9 Å². The zero-order valence-corrected chi connectivity index (χ0v) is 18.4. The predicted molar refractivity (Wildman–Crippen MR) is 120 cm³/mol. The van der Waals surface area contributed by atoms with E-state index in [2.05, 4.69) is 24.1 Å². The van der Waals surface area contributed by atoms with E-state index in [-0.39, 0.29) is 23.8 Å². The van der Waals surface area contributed by atoms with Gasteiger partial charge in [0.2, 0.25) is 5.91 Å². The zero-order chi connectivity index (χ0) is 21.8. The zero-order valence-electron chi connectivity index (χ0n) is 18.4. The van der Waals surface area contributed by atoms with E-state index in [0.717, 1.165) is 10.9 Å². The van der Waals surface area contributed by atoms with Gasteiger partial charge in [0.05, 0.1) is 24.6 Å². The highest BCUT2D eigenvalue weighted by molar-refractivity contribution is 5.95. The molecule has 0 bridgehead atoms. The third-order valence-corrected chi connectivity index (χ3v) is 6.08. The Morgan fingerprint density at radius 2 is 1.94 bits per heavy atom. The Morgan fingerprint density at radius 1 is 1.16 bits per heavy atom. The standard InChI is InChI=1S/C24H32N4O3/c1-17(2)16-28(24(30)22-8-7-18-5-3-4-6-21(18)26-22)20-13-19(14-25-15-20)23(29)27-9-11-31-12-10-27/h3-8,17,19-20,25H,9-16H2,1-2H3/t19-,20+/m1/s1. The van der Waals surface area contributed by atoms with E-state index in [4.69, 9.17) is 4.74 Å². The van der Waals surface area contributed by atoms with E-state index in [9.17, 15) is 9.59 Å². The molecule has 0 unspecified atom stereocenters. The molecule has 0 saturated carbocycles. The quantitative estimate of drug-likeness (QED) is 0.796. The number of piperidine rings is 1. The van der Waals surface area contributed by atoms with Gasteiger partial charge in [0.15, 0.2) is 0 Å². The lowest BCUT2D eigenvalue weighted by atomic mass is 9.92. The minimum atomic E-state index is -0.121. The summed E-state index contributed by atoms with van der Waals surface area (Å²) in [6, 6.07) is 11.6. The molecule has 2 saturated heterocycles. The van der Waals surface area contributed by atoms with E-state index >= 15 is 0 Å². The number of carbonyl (C=O) groups excluding carboxylic acids is 2. The number of aromatic nitrogens is 1. The fourth-order valence-corrected chi connectivity index (χ4v) is 4.51. The molecule has 2 fully saturated rings. The van der Waals surface area contributed by atoms with Gasteiger partial charge in [-0.1, -0.05) is 38.1 Å². The molecule has 1 aromatic heterocycles. The summed E-state index contributed by atoms with van der Waals surface area (Å²) in [6.07, 6.45) is 0.676. The van der Waals surface area contributed by atoms with Gasteiger partial charge < -0.3 is 19.9 Å². The van der Waals surface area contributed by atoms with Crippen LogP contribution in [0.1, 0.15) is 30.8 Å². The Kier molecular flexibility index (Phi) is 6.83. The van der Waals surface area contributed by atoms with Crippen LogP contribution in [0.15, 0.2) is 36.4 Å². The molecule has 2 atom stereocenters. The van der Waals surface area contributed by atoms with Crippen LogP contribution in [0.4, 0.5) is 0 Å². The topological polar surface area (TPSA) is 74.8 Å². The summed E-state index contributed by atoms with van der Waals surface area (Å²) < 4.78 is 5.38. The third-order valence-electron chi connectivity index (χ3n) is 6.08. The summed E-state index contributed by atoms with van der Waals surface area (Å²) in [4.78, 5) is 35.0. The van der Waals surface area contributed by atoms with Crippen molar-refractivity contribution in [2.75, 3.05) is 45.9 Å². The average molecular weight is 425 g/mol. The van der Waals surface area contributed by atoms with Gasteiger partial charge in [0, 0.05) is 44.2 Å². The number of benzene rings is 1. The van der Waals surface area contributed by atoms with Crippen LogP contribution in [0, 0.1) is 11.8 Å². The first-order valence-electron chi connectivity index (χ1n) is 11.3. The second-order valence-electron chi connectivity index (χ2n) is 8.92. The van der Waals surface area contributed by atoms with Crippen LogP contribution >= 0.6 is 0 Å². The Hall–Kier alpha value is -2.51. The molecule has 2 aliphatic rings. The number of nitrogens with zero attached hydrogens (tertiary/aromatic N) is 3. The number of ether oxygens (including phenoxy) is 1. The predicted octanol–water partition coefficient (Wildman–Crippen LogP) is 2.17. The van der Waals surface area contributed by atoms with Crippen molar-refractivity contribution in [2.45, 2.75) is 26.3 Å². The van der Waals surface area contributed by atoms with Crippen LogP contribution in [0.3, 0.4) is 0 Å². The van der Waals surface area contributed by atoms with Crippen LogP contribution in [-0.2, 0) is 9.53 Å². The summed E-state index contributed by atoms with van der Waals surface area (Å²) in [5.41, 5.74) is 1.28. The number of carbonyl (C=O) groups is 2. The van der Waals surface area contributed by atoms with Gasteiger partial charge >= 0.3 is 0 Å². The SMILES string of the molecule is CC(C)CN(C(=O)c1ccc2ccccc2n1)[C@@H]1CNC[C@H](C(=O)N2CCOCC2)C1. The lowest BCUT2D eigenvalue weighted by Crippen LogP contribution is -2.56. The third kappa shape index (κ3) is 5.05. The molecule has 2 aliphatic heterocycles. The fourth-order valence-electron chi connectivity index (χ4n) is 4.51. The number of pyridine rings is 1. The van der Waals surface area contributed by atoms with Gasteiger partial charge in [-0.25, -0.2) is 4.98 Å². The van der Waals surface area contributed by atoms with E-state index < -0.39 is 0 Å². The van der Waals surface area contributed by atoms with Gasteiger partial charge in [-0.15, -0.1) is 0 Å². The van der Waals surface area contributed by atoms with Crippen LogP contribution in [0.5, 0.6) is 0 Å². The van der Waals surface area contributed by atoms with Crippen LogP contribution in [0.2, 0.25) is 0 Å². The van der Waals surface area contributed by atoms with Gasteiger partial charge in [-0.3, -0.25) is 9.59 Å². The molecule has 1 aromatic carbocycles. The van der Waals surface area contributed by atoms with Gasteiger partial charge in [-0.2, -0.15) is 0 Å². The Bertz CT molecular complexity index is 926. The second-order valence-corrected chi connectivity index (χ2v) is 8.92. The summed E-state index contributed by atoms with van der Waals surface area (Å²) >= 11 is 0. The number of hydrogen-bond donors (Lipinski definition) is 1. The molecule has 7 heteroatoms. The van der Waals surface area contributed by atoms with Crippen LogP contribution < -0.4 is 5.32 Å². The first kappa shape index (κ1) is 21.7. The highest BCUT2D eigenvalue weighted by atomic mass is 16.5. The minimum Gasteiger partial charge on any atom is -0.378 e. The van der Waals surface area contributed by atoms with E-state index in [1.54, 1.807) is 0 Å². The number of nitrogens with one attached hydrogen (secondary N) is 1. The first-order valence-corrected chi connectivity index (χ1v) is 11.3. The smallest absolute Gasteiger partial charge is 0.272 e. The van der Waals surface area contributed by atoms with Crippen molar-refractivity contribution in [3.63, 3.8) is 0 Å². The molecule has 0 radical (unpaired) electrons. The van der Waals surface area contributed by atoms with Gasteiger partial charge in [0.1, 0.15) is 5.69 Å². The van der Waals surface area contributed by atoms with Crippen molar-refractivity contribution in [1.29, 1.82) is 0 Å². The molecule has 31 heavy (non-hydrogen) atoms. The maximum atomic E-state index is 13.5. The molecule has 4 rings (SSSR count). The molecular weight excluding hydrogens is 392 g/mol. The Labute approximate surface area is 183 Å². The number of fused-ring (bicyclic) bond motifs is 1. The maximum absolute atomic E-state index is 13.5. The monoisotopic (exact) mass is 424 g/mol. The van der Waals surface area contributed by atoms with E-state index in [0.29, 0.717) is 64.0 Å². The Morgan fingerprint density at radius 3 is 2.71 bits per heavy atom. The molecule has 3 heterocycles. The molecule has 2 aromatic rings. The molecule has 0 spiro atoms. The summed E-state index contributed by atoms with van der Waals surface area (Å²) in [6.45, 7) is 8.70. The summed E-state index contributed by atoms with van der Waals surface area (Å²) in [7, 11) is 0. The lowest BCUT2D eigenvalue weighted by Gasteiger charge is -2.40. The number of para-hydroxylation sites is 1.